The van der Waals surface area contributed by atoms with Gasteiger partial charge in [-0.25, -0.2) is 10.1 Å². The van der Waals surface area contributed by atoms with Crippen molar-refractivity contribution in [3.05, 3.63) is 21.9 Å². The molecule has 13 nitrogen and oxygen atoms in total. The molecule has 0 radical (unpaired) electrons. The first-order valence-corrected chi connectivity index (χ1v) is 5.00. The lowest BCUT2D eigenvalue weighted by atomic mass is 10.2. The zero-order valence-electron chi connectivity index (χ0n) is 9.42. The fourth-order valence-electron chi connectivity index (χ4n) is 1.55. The van der Waals surface area contributed by atoms with Crippen LogP contribution in [0.2, 0.25) is 0 Å². The average Bonchev–Trinajstić information content (AvgIpc) is 3.05. The number of rotatable bonds is 3. The highest BCUT2D eigenvalue weighted by Crippen LogP contribution is 2.22. The van der Waals surface area contributed by atoms with E-state index in [0.717, 1.165) is 10.7 Å². The van der Waals surface area contributed by atoms with Crippen molar-refractivity contribution in [2.24, 2.45) is 0 Å². The third kappa shape index (κ3) is 1.64. The van der Waals surface area contributed by atoms with E-state index in [0.29, 0.717) is 0 Å². The van der Waals surface area contributed by atoms with Gasteiger partial charge in [0.2, 0.25) is 11.6 Å². The number of aromatic amines is 1. The molecule has 98 valence electrons. The van der Waals surface area contributed by atoms with E-state index in [2.05, 4.69) is 35.9 Å². The number of nitrogens with zero attached hydrogens (tertiary/aromatic N) is 9. The topological polar surface area (TPSA) is 176 Å². The molecule has 0 aliphatic heterocycles. The van der Waals surface area contributed by atoms with Crippen molar-refractivity contribution in [1.29, 1.82) is 5.26 Å². The van der Waals surface area contributed by atoms with Crippen molar-refractivity contribution in [1.82, 2.24) is 40.4 Å². The van der Waals surface area contributed by atoms with Crippen molar-refractivity contribution in [2.45, 2.75) is 0 Å². The second-order valence-corrected chi connectivity index (χ2v) is 3.40. The third-order valence-electron chi connectivity index (χ3n) is 2.30. The van der Waals surface area contributed by atoms with E-state index in [1.807, 2.05) is 11.5 Å². The first-order valence-electron chi connectivity index (χ1n) is 5.00. The van der Waals surface area contributed by atoms with E-state index in [-0.39, 0.29) is 28.5 Å². The lowest BCUT2D eigenvalue weighted by Gasteiger charge is -1.98. The van der Waals surface area contributed by atoms with E-state index in [9.17, 15) is 10.1 Å². The lowest BCUT2D eigenvalue weighted by molar-refractivity contribution is -0.445. The fourth-order valence-corrected chi connectivity index (χ4v) is 1.55. The summed E-state index contributed by atoms with van der Waals surface area (Å²) in [6.45, 7) is 0. The van der Waals surface area contributed by atoms with Gasteiger partial charge in [0.15, 0.2) is 16.4 Å². The zero-order valence-corrected chi connectivity index (χ0v) is 9.42. The van der Waals surface area contributed by atoms with Crippen LogP contribution < -0.4 is 5.43 Å². The fraction of sp³-hybridized carbons (Fsp3) is 0. The number of hydrogen-bond donors (Lipinski definition) is 2. The highest BCUT2D eigenvalue weighted by molar-refractivity contribution is 5.71. The van der Waals surface area contributed by atoms with Crippen LogP contribution in [0.3, 0.4) is 0 Å². The minimum absolute atomic E-state index is 0.0332. The maximum atomic E-state index is 10.5. The summed E-state index contributed by atoms with van der Waals surface area (Å²) in [6, 6.07) is 1.88. The van der Waals surface area contributed by atoms with Crippen LogP contribution in [-0.2, 0) is 0 Å². The normalized spacial score (nSPS) is 10.3. The summed E-state index contributed by atoms with van der Waals surface area (Å²) in [5.41, 5.74) is 2.07. The highest BCUT2D eigenvalue weighted by atomic mass is 16.7. The van der Waals surface area contributed by atoms with Crippen LogP contribution in [0.15, 0.2) is 6.20 Å². The van der Waals surface area contributed by atoms with Crippen molar-refractivity contribution in [3.8, 4) is 17.6 Å². The summed E-state index contributed by atoms with van der Waals surface area (Å²) in [6.07, 6.45) is 1.10. The molecule has 2 N–H and O–H groups in total. The van der Waals surface area contributed by atoms with Gasteiger partial charge < -0.3 is 0 Å². The van der Waals surface area contributed by atoms with Crippen molar-refractivity contribution < 1.29 is 5.03 Å². The van der Waals surface area contributed by atoms with Gasteiger partial charge in [-0.3, -0.25) is 0 Å². The number of hydrazine groups is 1. The Kier molecular flexibility index (Phi) is 2.40. The maximum Gasteiger partial charge on any atom is 0.226 e. The third-order valence-corrected chi connectivity index (χ3v) is 2.30. The smallest absolute Gasteiger partial charge is 0.226 e. The van der Waals surface area contributed by atoms with E-state index < -0.39 is 5.03 Å². The van der Waals surface area contributed by atoms with Gasteiger partial charge in [0.05, 0.1) is 6.20 Å². The Hall–Kier alpha value is -3.69. The Morgan fingerprint density at radius 1 is 1.50 bits per heavy atom. The van der Waals surface area contributed by atoms with Crippen LogP contribution >= 0.6 is 0 Å². The minimum Gasteiger partial charge on any atom is -0.234 e. The van der Waals surface area contributed by atoms with Crippen molar-refractivity contribution >= 4 is 11.5 Å². The van der Waals surface area contributed by atoms with Crippen LogP contribution in [0, 0.1) is 21.4 Å². The molecule has 3 heterocycles. The molecule has 3 aromatic heterocycles. The Bertz CT molecular complexity index is 828. The van der Waals surface area contributed by atoms with Crippen molar-refractivity contribution in [3.63, 3.8) is 0 Å². The predicted molar refractivity (Wildman–Crippen MR) is 59.3 cm³/mol. The Labute approximate surface area is 108 Å². The van der Waals surface area contributed by atoms with Gasteiger partial charge in [0.1, 0.15) is 11.6 Å². The number of aromatic nitrogens is 8. The molecule has 0 spiro atoms. The van der Waals surface area contributed by atoms with Gasteiger partial charge in [-0.15, -0.1) is 15.3 Å². The Morgan fingerprint density at radius 3 is 3.00 bits per heavy atom. The maximum absolute atomic E-state index is 10.5. The number of nitrogens with one attached hydrogen (secondary N) is 2. The Morgan fingerprint density at radius 2 is 2.35 bits per heavy atom. The van der Waals surface area contributed by atoms with Gasteiger partial charge >= 0.3 is 0 Å². The zero-order chi connectivity index (χ0) is 14.1. The number of nitriles is 1. The standard InChI is InChI=1S/C7H3N11O2/c8-1-3-5(6-10-15-16-11-6)14-17-4(13-18(19)20)2-9-12-7(3)17/h2,13H,(H,10,11,15,16). The summed E-state index contributed by atoms with van der Waals surface area (Å²) in [7, 11) is 0. The summed E-state index contributed by atoms with van der Waals surface area (Å²) in [4.78, 5) is 10.5. The van der Waals surface area contributed by atoms with E-state index in [1.54, 1.807) is 0 Å². The molecule has 0 aromatic carbocycles. The summed E-state index contributed by atoms with van der Waals surface area (Å²) >= 11 is 0. The molecule has 13 heteroatoms. The van der Waals surface area contributed by atoms with E-state index in [4.69, 9.17) is 5.26 Å². The number of anilines is 1. The molecular formula is C7H3N11O2. The largest absolute Gasteiger partial charge is 0.234 e. The number of hydrogen-bond acceptors (Lipinski definition) is 9. The van der Waals surface area contributed by atoms with Crippen LogP contribution in [-0.4, -0.2) is 45.5 Å². The van der Waals surface area contributed by atoms with Crippen LogP contribution in [0.4, 0.5) is 5.82 Å². The van der Waals surface area contributed by atoms with Crippen molar-refractivity contribution in [2.75, 3.05) is 5.43 Å². The van der Waals surface area contributed by atoms with Gasteiger partial charge in [-0.05, 0) is 5.21 Å². The van der Waals surface area contributed by atoms with Gasteiger partial charge in [-0.2, -0.15) is 25.2 Å². The van der Waals surface area contributed by atoms with Gasteiger partial charge in [-0.1, -0.05) is 5.43 Å². The quantitative estimate of drug-likeness (QED) is 0.434. The van der Waals surface area contributed by atoms with Gasteiger partial charge in [0.25, 0.3) is 0 Å². The molecule has 0 saturated heterocycles. The molecule has 0 saturated carbocycles. The number of tetrazole rings is 1. The summed E-state index contributed by atoms with van der Waals surface area (Å²) in [5.74, 6) is 0.00495. The van der Waals surface area contributed by atoms with Crippen LogP contribution in [0.1, 0.15) is 5.56 Å². The van der Waals surface area contributed by atoms with E-state index >= 15 is 0 Å². The number of fused-ring (bicyclic) bond motifs is 1. The van der Waals surface area contributed by atoms with Crippen LogP contribution in [0.25, 0.3) is 17.2 Å². The van der Waals surface area contributed by atoms with Gasteiger partial charge in [0, 0.05) is 0 Å². The summed E-state index contributed by atoms with van der Waals surface area (Å²) in [5, 5.41) is 43.2. The molecule has 0 bridgehead atoms. The van der Waals surface area contributed by atoms with Crippen LogP contribution in [0.5, 0.6) is 0 Å². The number of H-pyrrole nitrogens is 1. The predicted octanol–water partition coefficient (Wildman–Crippen LogP) is -1.22. The minimum atomic E-state index is -0.780. The molecule has 0 atom stereocenters. The first-order chi connectivity index (χ1) is 9.70. The second kappa shape index (κ2) is 4.20. The monoisotopic (exact) mass is 273 g/mol. The highest BCUT2D eigenvalue weighted by Gasteiger charge is 2.21. The first kappa shape index (κ1) is 11.4. The lowest BCUT2D eigenvalue weighted by Crippen LogP contribution is -2.12. The number of nitro groups is 1. The van der Waals surface area contributed by atoms with E-state index in [1.165, 1.54) is 0 Å². The molecule has 0 fully saturated rings. The SMILES string of the molecule is N#Cc1c(-c2nn[nH]n2)nn2c(N[N+](=O)[O-])cnnc12. The molecule has 0 unspecified atom stereocenters. The Balaban J connectivity index is 2.29. The molecule has 0 aliphatic carbocycles. The average molecular weight is 273 g/mol. The summed E-state index contributed by atoms with van der Waals surface area (Å²) < 4.78 is 1.07. The second-order valence-electron chi connectivity index (χ2n) is 3.40. The molecule has 0 amide bonds. The molecule has 3 aromatic rings. The molecular weight excluding hydrogens is 270 g/mol. The molecule has 20 heavy (non-hydrogen) atoms. The molecule has 0 aliphatic rings. The molecule has 3 rings (SSSR count).